The fraction of sp³-hybridized carbons (Fsp3) is 0.0526. The number of amides is 1. The first kappa shape index (κ1) is 14.8. The van der Waals surface area contributed by atoms with Crippen molar-refractivity contribution in [3.05, 3.63) is 77.4 Å². The molecule has 23 heavy (non-hydrogen) atoms. The van der Waals surface area contributed by atoms with Gasteiger partial charge in [0.1, 0.15) is 5.75 Å². The number of fused-ring (bicyclic) bond motifs is 1. The van der Waals surface area contributed by atoms with E-state index in [9.17, 15) is 9.90 Å². The highest BCUT2D eigenvalue weighted by molar-refractivity contribution is 6.03. The van der Waals surface area contributed by atoms with E-state index in [1.54, 1.807) is 12.1 Å². The quantitative estimate of drug-likeness (QED) is 0.573. The Morgan fingerprint density at radius 2 is 1.78 bits per heavy atom. The third-order valence-corrected chi connectivity index (χ3v) is 3.70. The van der Waals surface area contributed by atoms with Gasteiger partial charge in [0, 0.05) is 11.1 Å². The SMILES string of the molecule is Cc1ccccc1C(=O)N/N=C/c1c(O)ccc2ccccc12. The summed E-state index contributed by atoms with van der Waals surface area (Å²) in [6.45, 7) is 1.87. The predicted molar refractivity (Wildman–Crippen MR) is 91.9 cm³/mol. The van der Waals surface area contributed by atoms with Crippen LogP contribution in [0.25, 0.3) is 10.8 Å². The molecule has 3 aromatic rings. The van der Waals surface area contributed by atoms with E-state index in [4.69, 9.17) is 0 Å². The lowest BCUT2D eigenvalue weighted by Gasteiger charge is -2.05. The number of phenolic OH excluding ortho intramolecular Hbond substituents is 1. The van der Waals surface area contributed by atoms with E-state index in [0.717, 1.165) is 16.3 Å². The Balaban J connectivity index is 1.85. The molecule has 2 N–H and O–H groups in total. The van der Waals surface area contributed by atoms with Crippen molar-refractivity contribution >= 4 is 22.9 Å². The van der Waals surface area contributed by atoms with Crippen molar-refractivity contribution in [2.75, 3.05) is 0 Å². The Morgan fingerprint density at radius 3 is 2.61 bits per heavy atom. The fourth-order valence-electron chi connectivity index (χ4n) is 2.46. The number of nitrogens with zero attached hydrogens (tertiary/aromatic N) is 1. The van der Waals surface area contributed by atoms with Crippen LogP contribution in [0.3, 0.4) is 0 Å². The molecule has 0 spiro atoms. The summed E-state index contributed by atoms with van der Waals surface area (Å²) < 4.78 is 0. The summed E-state index contributed by atoms with van der Waals surface area (Å²) in [6.07, 6.45) is 1.47. The van der Waals surface area contributed by atoms with Gasteiger partial charge >= 0.3 is 0 Å². The molecule has 3 aromatic carbocycles. The average molecular weight is 304 g/mol. The minimum absolute atomic E-state index is 0.123. The van der Waals surface area contributed by atoms with Gasteiger partial charge in [-0.15, -0.1) is 0 Å². The first-order valence-corrected chi connectivity index (χ1v) is 7.26. The number of carbonyl (C=O) groups excluding carboxylic acids is 1. The Kier molecular flexibility index (Phi) is 4.06. The molecule has 4 nitrogen and oxygen atoms in total. The van der Waals surface area contributed by atoms with Crippen LogP contribution in [0, 0.1) is 6.92 Å². The molecule has 0 fully saturated rings. The van der Waals surface area contributed by atoms with Gasteiger partial charge in [-0.2, -0.15) is 5.10 Å². The molecule has 0 aliphatic heterocycles. The molecule has 0 radical (unpaired) electrons. The Labute approximate surface area is 134 Å². The molecule has 0 saturated carbocycles. The van der Waals surface area contributed by atoms with Gasteiger partial charge in [0.15, 0.2) is 0 Å². The number of carbonyl (C=O) groups is 1. The van der Waals surface area contributed by atoms with Gasteiger partial charge in [-0.1, -0.05) is 48.5 Å². The Bertz CT molecular complexity index is 901. The van der Waals surface area contributed by atoms with Gasteiger partial charge in [0.2, 0.25) is 0 Å². The number of rotatable bonds is 3. The third-order valence-electron chi connectivity index (χ3n) is 3.70. The zero-order chi connectivity index (χ0) is 16.2. The average Bonchev–Trinajstić information content (AvgIpc) is 2.57. The standard InChI is InChI=1S/C19H16N2O2/c1-13-6-2-4-8-15(13)19(23)21-20-12-17-16-9-5-3-7-14(16)10-11-18(17)22/h2-12,22H,1H3,(H,21,23)/b20-12+. The van der Waals surface area contributed by atoms with Crippen molar-refractivity contribution in [3.8, 4) is 5.75 Å². The van der Waals surface area contributed by atoms with Crippen molar-refractivity contribution in [3.63, 3.8) is 0 Å². The zero-order valence-electron chi connectivity index (χ0n) is 12.7. The van der Waals surface area contributed by atoms with Crippen molar-refractivity contribution in [1.82, 2.24) is 5.43 Å². The minimum atomic E-state index is -0.279. The van der Waals surface area contributed by atoms with Gasteiger partial charge < -0.3 is 5.11 Å². The normalized spacial score (nSPS) is 11.0. The smallest absolute Gasteiger partial charge is 0.271 e. The molecule has 0 saturated heterocycles. The molecule has 0 heterocycles. The van der Waals surface area contributed by atoms with Crippen LogP contribution in [0.4, 0.5) is 0 Å². The second-order valence-electron chi connectivity index (χ2n) is 5.23. The number of hydrazone groups is 1. The van der Waals surface area contributed by atoms with Crippen molar-refractivity contribution in [2.45, 2.75) is 6.92 Å². The third kappa shape index (κ3) is 3.06. The molecule has 0 aromatic heterocycles. The van der Waals surface area contributed by atoms with Crippen LogP contribution in [0.5, 0.6) is 5.75 Å². The highest BCUT2D eigenvalue weighted by Crippen LogP contribution is 2.25. The van der Waals surface area contributed by atoms with Crippen molar-refractivity contribution < 1.29 is 9.90 Å². The van der Waals surface area contributed by atoms with Crippen LogP contribution in [0.2, 0.25) is 0 Å². The molecule has 0 unspecified atom stereocenters. The maximum Gasteiger partial charge on any atom is 0.271 e. The van der Waals surface area contributed by atoms with Crippen LogP contribution >= 0.6 is 0 Å². The highest BCUT2D eigenvalue weighted by Gasteiger charge is 2.07. The molecule has 0 atom stereocenters. The van der Waals surface area contributed by atoms with Crippen LogP contribution in [0.15, 0.2) is 65.8 Å². The number of hydrogen-bond acceptors (Lipinski definition) is 3. The summed E-state index contributed by atoms with van der Waals surface area (Å²) in [4.78, 5) is 12.1. The van der Waals surface area contributed by atoms with Crippen molar-refractivity contribution in [2.24, 2.45) is 5.10 Å². The number of nitrogens with one attached hydrogen (secondary N) is 1. The van der Waals surface area contributed by atoms with E-state index in [1.807, 2.05) is 55.5 Å². The number of phenols is 1. The molecule has 114 valence electrons. The summed E-state index contributed by atoms with van der Waals surface area (Å²) in [5.74, 6) is -0.156. The topological polar surface area (TPSA) is 61.7 Å². The van der Waals surface area contributed by atoms with Crippen LogP contribution in [-0.4, -0.2) is 17.2 Å². The lowest BCUT2D eigenvalue weighted by atomic mass is 10.0. The molecule has 3 rings (SSSR count). The first-order valence-electron chi connectivity index (χ1n) is 7.26. The van der Waals surface area contributed by atoms with Crippen LogP contribution < -0.4 is 5.43 Å². The van der Waals surface area contributed by atoms with Gasteiger partial charge in [-0.3, -0.25) is 4.79 Å². The summed E-state index contributed by atoms with van der Waals surface area (Å²) >= 11 is 0. The maximum absolute atomic E-state index is 12.1. The number of hydrogen-bond donors (Lipinski definition) is 2. The van der Waals surface area contributed by atoms with Gasteiger partial charge in [-0.25, -0.2) is 5.43 Å². The fourth-order valence-corrected chi connectivity index (χ4v) is 2.46. The molecule has 4 heteroatoms. The maximum atomic E-state index is 12.1. The number of aryl methyl sites for hydroxylation is 1. The van der Waals surface area contributed by atoms with E-state index < -0.39 is 0 Å². The molecular weight excluding hydrogens is 288 g/mol. The van der Waals surface area contributed by atoms with Crippen molar-refractivity contribution in [1.29, 1.82) is 0 Å². The number of aromatic hydroxyl groups is 1. The molecular formula is C19H16N2O2. The van der Waals surface area contributed by atoms with Crippen LogP contribution in [-0.2, 0) is 0 Å². The Hall–Kier alpha value is -3.14. The first-order chi connectivity index (χ1) is 11.2. The predicted octanol–water partition coefficient (Wildman–Crippen LogP) is 3.62. The Morgan fingerprint density at radius 1 is 1.04 bits per heavy atom. The summed E-state index contributed by atoms with van der Waals surface area (Å²) in [5.41, 5.74) is 4.53. The second-order valence-corrected chi connectivity index (χ2v) is 5.23. The minimum Gasteiger partial charge on any atom is -0.507 e. The lowest BCUT2D eigenvalue weighted by molar-refractivity contribution is 0.0954. The summed E-state index contributed by atoms with van der Waals surface area (Å²) in [5, 5.41) is 15.9. The second kappa shape index (κ2) is 6.32. The van der Waals surface area contributed by atoms with Crippen LogP contribution in [0.1, 0.15) is 21.5 Å². The largest absolute Gasteiger partial charge is 0.507 e. The molecule has 0 aliphatic carbocycles. The van der Waals surface area contributed by atoms with E-state index >= 15 is 0 Å². The van der Waals surface area contributed by atoms with Gasteiger partial charge in [-0.05, 0) is 35.4 Å². The summed E-state index contributed by atoms with van der Waals surface area (Å²) in [6, 6.07) is 18.4. The van der Waals surface area contributed by atoms with E-state index in [2.05, 4.69) is 10.5 Å². The summed E-state index contributed by atoms with van der Waals surface area (Å²) in [7, 11) is 0. The van der Waals surface area contributed by atoms with E-state index in [0.29, 0.717) is 11.1 Å². The highest BCUT2D eigenvalue weighted by atomic mass is 16.3. The van der Waals surface area contributed by atoms with Gasteiger partial charge in [0.25, 0.3) is 5.91 Å². The molecule has 1 amide bonds. The lowest BCUT2D eigenvalue weighted by Crippen LogP contribution is -2.18. The van der Waals surface area contributed by atoms with Gasteiger partial charge in [0.05, 0.1) is 6.21 Å². The molecule has 0 aliphatic rings. The molecule has 0 bridgehead atoms. The monoisotopic (exact) mass is 304 g/mol. The number of benzene rings is 3. The van der Waals surface area contributed by atoms with E-state index in [1.165, 1.54) is 6.21 Å². The van der Waals surface area contributed by atoms with E-state index in [-0.39, 0.29) is 11.7 Å². The zero-order valence-corrected chi connectivity index (χ0v) is 12.7.